The average Bonchev–Trinajstić information content (AvgIpc) is 2.36. The van der Waals surface area contributed by atoms with Crippen LogP contribution >= 0.6 is 11.8 Å². The van der Waals surface area contributed by atoms with Gasteiger partial charge in [0.1, 0.15) is 5.82 Å². The molecule has 2 aromatic rings. The fourth-order valence-corrected chi connectivity index (χ4v) is 2.47. The fraction of sp³-hybridized carbons (Fsp3) is 0.154. The van der Waals surface area contributed by atoms with Crippen LogP contribution < -0.4 is 5.56 Å². The number of hydrogen-bond donors (Lipinski definition) is 2. The van der Waals surface area contributed by atoms with Crippen LogP contribution in [-0.2, 0) is 5.75 Å². The van der Waals surface area contributed by atoms with Gasteiger partial charge < -0.3 is 10.1 Å². The minimum atomic E-state index is -1.17. The molecule has 0 radical (unpaired) electrons. The Morgan fingerprint density at radius 3 is 2.80 bits per heavy atom. The monoisotopic (exact) mass is 294 g/mol. The number of carbonyl (C=O) groups is 1. The van der Waals surface area contributed by atoms with Crippen LogP contribution in [0, 0.1) is 12.7 Å². The van der Waals surface area contributed by atoms with E-state index in [1.54, 1.807) is 6.92 Å². The molecule has 0 fully saturated rings. The molecule has 20 heavy (non-hydrogen) atoms. The zero-order valence-corrected chi connectivity index (χ0v) is 11.3. The molecule has 2 N–H and O–H groups in total. The number of nitrogens with zero attached hydrogens (tertiary/aromatic N) is 1. The Balaban J connectivity index is 2.14. The first-order valence-corrected chi connectivity index (χ1v) is 6.67. The zero-order chi connectivity index (χ0) is 14.7. The molecular weight excluding hydrogens is 283 g/mol. The number of rotatable bonds is 4. The van der Waals surface area contributed by atoms with Gasteiger partial charge in [0, 0.05) is 17.5 Å². The molecule has 0 spiro atoms. The summed E-state index contributed by atoms with van der Waals surface area (Å²) < 4.78 is 13.7. The standard InChI is InChI=1S/C13H11FN2O3S/c1-7-4-11(17)16-13(15-7)20-6-9-3-2-8(12(18)19)5-10(9)14/h2-5H,6H2,1H3,(H,18,19)(H,15,16,17). The van der Waals surface area contributed by atoms with Crippen molar-refractivity contribution in [2.75, 3.05) is 0 Å². The molecule has 5 nitrogen and oxygen atoms in total. The SMILES string of the molecule is Cc1cc(=O)[nH]c(SCc2ccc(C(=O)O)cc2F)n1. The van der Waals surface area contributed by atoms with E-state index in [1.165, 1.54) is 30.0 Å². The van der Waals surface area contributed by atoms with E-state index in [0.29, 0.717) is 16.4 Å². The molecule has 0 bridgehead atoms. The summed E-state index contributed by atoms with van der Waals surface area (Å²) in [6.07, 6.45) is 0. The molecule has 2 rings (SSSR count). The van der Waals surface area contributed by atoms with Crippen LogP contribution in [0.1, 0.15) is 21.6 Å². The first-order chi connectivity index (χ1) is 9.45. The number of aryl methyl sites for hydroxylation is 1. The van der Waals surface area contributed by atoms with E-state index < -0.39 is 11.8 Å². The van der Waals surface area contributed by atoms with E-state index in [4.69, 9.17) is 5.11 Å². The van der Waals surface area contributed by atoms with Gasteiger partial charge in [-0.05, 0) is 24.6 Å². The topological polar surface area (TPSA) is 83.0 Å². The summed E-state index contributed by atoms with van der Waals surface area (Å²) in [6.45, 7) is 1.70. The summed E-state index contributed by atoms with van der Waals surface area (Å²) in [5, 5.41) is 9.15. The second-order valence-electron chi connectivity index (χ2n) is 4.09. The van der Waals surface area contributed by atoms with Crippen molar-refractivity contribution in [1.82, 2.24) is 9.97 Å². The second-order valence-corrected chi connectivity index (χ2v) is 5.06. The van der Waals surface area contributed by atoms with Gasteiger partial charge in [-0.3, -0.25) is 4.79 Å². The van der Waals surface area contributed by atoms with Crippen LogP contribution in [0.5, 0.6) is 0 Å². The summed E-state index contributed by atoms with van der Waals surface area (Å²) in [6, 6.07) is 5.10. The van der Waals surface area contributed by atoms with Crippen LogP contribution in [0.3, 0.4) is 0 Å². The van der Waals surface area contributed by atoms with E-state index >= 15 is 0 Å². The summed E-state index contributed by atoms with van der Waals surface area (Å²) in [5.41, 5.74) is 0.571. The highest BCUT2D eigenvalue weighted by atomic mass is 32.2. The minimum Gasteiger partial charge on any atom is -0.478 e. The predicted octanol–water partition coefficient (Wildman–Crippen LogP) is 2.21. The molecule has 1 heterocycles. The van der Waals surface area contributed by atoms with Gasteiger partial charge in [-0.2, -0.15) is 0 Å². The van der Waals surface area contributed by atoms with Gasteiger partial charge in [-0.1, -0.05) is 17.8 Å². The minimum absolute atomic E-state index is 0.0988. The predicted molar refractivity (Wildman–Crippen MR) is 72.5 cm³/mol. The number of hydrogen-bond acceptors (Lipinski definition) is 4. The number of aromatic nitrogens is 2. The Kier molecular flexibility index (Phi) is 4.19. The maximum Gasteiger partial charge on any atom is 0.335 e. The highest BCUT2D eigenvalue weighted by molar-refractivity contribution is 7.98. The number of halogens is 1. The fourth-order valence-electron chi connectivity index (χ4n) is 1.56. The van der Waals surface area contributed by atoms with Gasteiger partial charge in [0.25, 0.3) is 5.56 Å². The van der Waals surface area contributed by atoms with E-state index in [9.17, 15) is 14.0 Å². The Morgan fingerprint density at radius 2 is 2.20 bits per heavy atom. The van der Waals surface area contributed by atoms with Crippen molar-refractivity contribution in [2.24, 2.45) is 0 Å². The van der Waals surface area contributed by atoms with E-state index in [1.807, 2.05) is 0 Å². The largest absolute Gasteiger partial charge is 0.478 e. The molecular formula is C13H11FN2O3S. The first kappa shape index (κ1) is 14.3. The van der Waals surface area contributed by atoms with Crippen molar-refractivity contribution in [3.8, 4) is 0 Å². The molecule has 104 valence electrons. The first-order valence-electron chi connectivity index (χ1n) is 5.68. The number of aromatic amines is 1. The quantitative estimate of drug-likeness (QED) is 0.667. The second kappa shape index (κ2) is 5.87. The van der Waals surface area contributed by atoms with E-state index in [-0.39, 0.29) is 16.9 Å². The van der Waals surface area contributed by atoms with Gasteiger partial charge in [0.05, 0.1) is 5.56 Å². The lowest BCUT2D eigenvalue weighted by Crippen LogP contribution is -2.08. The molecule has 0 aliphatic carbocycles. The number of benzene rings is 1. The maximum atomic E-state index is 13.7. The van der Waals surface area contributed by atoms with Crippen LogP contribution in [0.2, 0.25) is 0 Å². The number of carboxylic acids is 1. The van der Waals surface area contributed by atoms with Gasteiger partial charge in [-0.15, -0.1) is 0 Å². The lowest BCUT2D eigenvalue weighted by Gasteiger charge is -2.04. The van der Waals surface area contributed by atoms with Gasteiger partial charge in [0.2, 0.25) is 0 Å². The summed E-state index contributed by atoms with van der Waals surface area (Å²) in [5.74, 6) is -1.52. The molecule has 1 aromatic heterocycles. The molecule has 0 saturated carbocycles. The van der Waals surface area contributed by atoms with E-state index in [2.05, 4.69) is 9.97 Å². The van der Waals surface area contributed by atoms with Gasteiger partial charge in [-0.25, -0.2) is 14.2 Å². The number of carboxylic acid groups (broad SMARTS) is 1. The van der Waals surface area contributed by atoms with Gasteiger partial charge in [0.15, 0.2) is 5.16 Å². The van der Waals surface area contributed by atoms with Crippen molar-refractivity contribution in [3.63, 3.8) is 0 Å². The Labute approximate surface area is 117 Å². The summed E-state index contributed by atoms with van der Waals surface area (Å²) in [4.78, 5) is 28.6. The van der Waals surface area contributed by atoms with E-state index in [0.717, 1.165) is 6.07 Å². The Bertz CT molecular complexity index is 715. The smallest absolute Gasteiger partial charge is 0.335 e. The summed E-state index contributed by atoms with van der Waals surface area (Å²) in [7, 11) is 0. The Hall–Kier alpha value is -2.15. The third-order valence-electron chi connectivity index (χ3n) is 2.51. The molecule has 0 amide bonds. The molecule has 0 aliphatic heterocycles. The van der Waals surface area contributed by atoms with Crippen LogP contribution in [0.25, 0.3) is 0 Å². The Morgan fingerprint density at radius 1 is 1.45 bits per heavy atom. The maximum absolute atomic E-state index is 13.7. The molecule has 1 aromatic carbocycles. The number of H-pyrrole nitrogens is 1. The third kappa shape index (κ3) is 3.45. The molecule has 7 heteroatoms. The summed E-state index contributed by atoms with van der Waals surface area (Å²) >= 11 is 1.18. The third-order valence-corrected chi connectivity index (χ3v) is 3.43. The van der Waals surface area contributed by atoms with Crippen molar-refractivity contribution in [3.05, 3.63) is 57.3 Å². The normalized spacial score (nSPS) is 10.5. The zero-order valence-electron chi connectivity index (χ0n) is 10.5. The van der Waals surface area contributed by atoms with Crippen LogP contribution in [0.15, 0.2) is 34.2 Å². The molecule has 0 aliphatic rings. The van der Waals surface area contributed by atoms with Crippen LogP contribution in [0.4, 0.5) is 4.39 Å². The number of aromatic carboxylic acids is 1. The van der Waals surface area contributed by atoms with Crippen molar-refractivity contribution < 1.29 is 14.3 Å². The van der Waals surface area contributed by atoms with Crippen molar-refractivity contribution in [2.45, 2.75) is 17.8 Å². The highest BCUT2D eigenvalue weighted by Gasteiger charge is 2.09. The van der Waals surface area contributed by atoms with Gasteiger partial charge >= 0.3 is 5.97 Å². The van der Waals surface area contributed by atoms with Crippen LogP contribution in [-0.4, -0.2) is 21.0 Å². The molecule has 0 atom stereocenters. The number of nitrogens with one attached hydrogen (secondary N) is 1. The lowest BCUT2D eigenvalue weighted by molar-refractivity contribution is 0.0696. The lowest BCUT2D eigenvalue weighted by atomic mass is 10.1. The number of thioether (sulfide) groups is 1. The van der Waals surface area contributed by atoms with Crippen molar-refractivity contribution in [1.29, 1.82) is 0 Å². The molecule has 0 unspecified atom stereocenters. The molecule has 0 saturated heterocycles. The highest BCUT2D eigenvalue weighted by Crippen LogP contribution is 2.21. The van der Waals surface area contributed by atoms with Crippen molar-refractivity contribution >= 4 is 17.7 Å². The average molecular weight is 294 g/mol.